The molecule has 0 amide bonds. The summed E-state index contributed by atoms with van der Waals surface area (Å²) in [5.41, 5.74) is 0. The van der Waals surface area contributed by atoms with E-state index in [0.717, 1.165) is 0 Å². The Labute approximate surface area is 66.6 Å². The van der Waals surface area contributed by atoms with Gasteiger partial charge in [-0.25, -0.2) is 0 Å². The highest BCUT2D eigenvalue weighted by molar-refractivity contribution is 5.69. The van der Waals surface area contributed by atoms with Crippen LogP contribution in [0.1, 0.15) is 26.2 Å². The van der Waals surface area contributed by atoms with Gasteiger partial charge in [0.05, 0.1) is 5.92 Å². The molecule has 0 aromatic heterocycles. The minimum atomic E-state index is -0.755. The van der Waals surface area contributed by atoms with Crippen molar-refractivity contribution in [2.75, 3.05) is 0 Å². The van der Waals surface area contributed by atoms with Crippen molar-refractivity contribution < 1.29 is 9.90 Å². The van der Waals surface area contributed by atoms with Crippen LogP contribution in [0.3, 0.4) is 0 Å². The van der Waals surface area contributed by atoms with Gasteiger partial charge >= 0.3 is 5.97 Å². The minimum Gasteiger partial charge on any atom is -0.481 e. The molecular weight excluding hydrogens is 140 g/mol. The second-order valence-corrected chi connectivity index (χ2v) is 3.04. The van der Waals surface area contributed by atoms with Crippen LogP contribution in [-0.4, -0.2) is 11.1 Å². The van der Waals surface area contributed by atoms with Gasteiger partial charge in [-0.05, 0) is 12.8 Å². The second kappa shape index (κ2) is 3.43. The van der Waals surface area contributed by atoms with Crippen molar-refractivity contribution in [3.63, 3.8) is 0 Å². The lowest BCUT2D eigenvalue weighted by molar-refractivity contribution is -0.140. The number of carboxylic acids is 1. The Kier molecular flexibility index (Phi) is 2.53. The van der Waals surface area contributed by atoms with E-state index in [-0.39, 0.29) is 5.92 Å². The Morgan fingerprint density at radius 3 is 2.82 bits per heavy atom. The molecular formula is C9H12O2. The van der Waals surface area contributed by atoms with E-state index in [1.807, 2.05) is 0 Å². The molecule has 0 heterocycles. The van der Waals surface area contributed by atoms with Crippen molar-refractivity contribution in [1.29, 1.82) is 0 Å². The smallest absolute Gasteiger partial charge is 0.307 e. The fourth-order valence-electron chi connectivity index (χ4n) is 0.671. The molecule has 1 aliphatic carbocycles. The van der Waals surface area contributed by atoms with Gasteiger partial charge in [0.25, 0.3) is 0 Å². The number of aliphatic carboxylic acids is 1. The highest BCUT2D eigenvalue weighted by Gasteiger charge is 2.17. The molecule has 0 unspecified atom stereocenters. The van der Waals surface area contributed by atoms with E-state index < -0.39 is 5.97 Å². The number of carboxylic acid groups (broad SMARTS) is 1. The Bertz CT molecular complexity index is 205. The Morgan fingerprint density at radius 1 is 1.73 bits per heavy atom. The molecule has 2 heteroatoms. The Balaban J connectivity index is 2.20. The molecule has 0 spiro atoms. The van der Waals surface area contributed by atoms with E-state index >= 15 is 0 Å². The fraction of sp³-hybridized carbons (Fsp3) is 0.667. The van der Waals surface area contributed by atoms with Crippen molar-refractivity contribution in [2.24, 2.45) is 11.8 Å². The summed E-state index contributed by atoms with van der Waals surface area (Å²) in [7, 11) is 0. The van der Waals surface area contributed by atoms with Gasteiger partial charge in [-0.15, -0.1) is 5.92 Å². The van der Waals surface area contributed by atoms with Crippen LogP contribution in [0.2, 0.25) is 0 Å². The first-order chi connectivity index (χ1) is 5.20. The molecule has 0 radical (unpaired) electrons. The average molecular weight is 152 g/mol. The molecule has 1 saturated carbocycles. The van der Waals surface area contributed by atoms with E-state index in [4.69, 9.17) is 5.11 Å². The van der Waals surface area contributed by atoms with Crippen LogP contribution in [0.25, 0.3) is 0 Å². The van der Waals surface area contributed by atoms with Crippen molar-refractivity contribution in [2.45, 2.75) is 26.2 Å². The fourth-order valence-corrected chi connectivity index (χ4v) is 0.671. The van der Waals surface area contributed by atoms with Gasteiger partial charge in [0, 0.05) is 12.3 Å². The maximum absolute atomic E-state index is 10.3. The lowest BCUT2D eigenvalue weighted by Gasteiger charge is -1.96. The minimum absolute atomic E-state index is 0.318. The maximum Gasteiger partial charge on any atom is 0.307 e. The van der Waals surface area contributed by atoms with Gasteiger partial charge in [0.1, 0.15) is 0 Å². The number of rotatable bonds is 2. The average Bonchev–Trinajstić information content (AvgIpc) is 2.71. The number of hydrogen-bond acceptors (Lipinski definition) is 1. The van der Waals surface area contributed by atoms with Crippen LogP contribution in [-0.2, 0) is 4.79 Å². The van der Waals surface area contributed by atoms with E-state index in [0.29, 0.717) is 12.3 Å². The third-order valence-corrected chi connectivity index (χ3v) is 1.71. The molecule has 1 rings (SSSR count). The Hall–Kier alpha value is -0.970. The first kappa shape index (κ1) is 8.13. The lowest BCUT2D eigenvalue weighted by atomic mass is 10.1. The summed E-state index contributed by atoms with van der Waals surface area (Å²) in [4.78, 5) is 10.3. The van der Waals surface area contributed by atoms with Crippen LogP contribution in [0.5, 0.6) is 0 Å². The number of carbonyl (C=O) groups is 1. The van der Waals surface area contributed by atoms with Gasteiger partial charge < -0.3 is 5.11 Å². The summed E-state index contributed by atoms with van der Waals surface area (Å²) in [6, 6.07) is 0. The molecule has 1 N–H and O–H groups in total. The van der Waals surface area contributed by atoms with E-state index in [1.54, 1.807) is 6.92 Å². The summed E-state index contributed by atoms with van der Waals surface area (Å²) in [5.74, 6) is 5.43. The van der Waals surface area contributed by atoms with Crippen LogP contribution in [0.4, 0.5) is 0 Å². The monoisotopic (exact) mass is 152 g/mol. The van der Waals surface area contributed by atoms with Gasteiger partial charge in [-0.3, -0.25) is 4.79 Å². The first-order valence-corrected chi connectivity index (χ1v) is 3.91. The molecule has 0 aromatic rings. The van der Waals surface area contributed by atoms with Crippen molar-refractivity contribution in [3.8, 4) is 11.8 Å². The summed E-state index contributed by atoms with van der Waals surface area (Å²) < 4.78 is 0. The standard InChI is InChI=1S/C9H12O2/c1-7(9(10)11)3-2-4-8-5-6-8/h7-8H,3,5-6H2,1H3,(H,10,11)/t7-/m0/s1. The van der Waals surface area contributed by atoms with Gasteiger partial charge in [0.15, 0.2) is 0 Å². The highest BCUT2D eigenvalue weighted by atomic mass is 16.4. The van der Waals surface area contributed by atoms with Crippen LogP contribution >= 0.6 is 0 Å². The zero-order valence-electron chi connectivity index (χ0n) is 6.63. The maximum atomic E-state index is 10.3. The summed E-state index contributed by atoms with van der Waals surface area (Å²) in [6.45, 7) is 1.68. The third kappa shape index (κ3) is 3.08. The normalized spacial score (nSPS) is 18.3. The largest absolute Gasteiger partial charge is 0.481 e. The zero-order valence-corrected chi connectivity index (χ0v) is 6.63. The first-order valence-electron chi connectivity index (χ1n) is 3.91. The van der Waals surface area contributed by atoms with Gasteiger partial charge in [-0.2, -0.15) is 0 Å². The molecule has 1 aliphatic rings. The summed E-state index contributed by atoms with van der Waals surface area (Å²) >= 11 is 0. The third-order valence-electron chi connectivity index (χ3n) is 1.71. The Morgan fingerprint density at radius 2 is 2.36 bits per heavy atom. The van der Waals surface area contributed by atoms with E-state index in [1.165, 1.54) is 12.8 Å². The van der Waals surface area contributed by atoms with E-state index in [9.17, 15) is 4.79 Å². The topological polar surface area (TPSA) is 37.3 Å². The predicted octanol–water partition coefficient (Wildman–Crippen LogP) is 1.51. The van der Waals surface area contributed by atoms with Crippen LogP contribution in [0, 0.1) is 23.7 Å². The van der Waals surface area contributed by atoms with Crippen molar-refractivity contribution in [1.82, 2.24) is 0 Å². The van der Waals surface area contributed by atoms with Crippen molar-refractivity contribution in [3.05, 3.63) is 0 Å². The van der Waals surface area contributed by atoms with Crippen LogP contribution < -0.4 is 0 Å². The van der Waals surface area contributed by atoms with Gasteiger partial charge in [-0.1, -0.05) is 12.8 Å². The molecule has 60 valence electrons. The zero-order chi connectivity index (χ0) is 8.27. The summed E-state index contributed by atoms with van der Waals surface area (Å²) in [6.07, 6.45) is 2.90. The summed E-state index contributed by atoms with van der Waals surface area (Å²) in [5, 5.41) is 8.50. The molecule has 0 aromatic carbocycles. The molecule has 1 fully saturated rings. The molecule has 0 saturated heterocycles. The van der Waals surface area contributed by atoms with Crippen LogP contribution in [0.15, 0.2) is 0 Å². The van der Waals surface area contributed by atoms with E-state index in [2.05, 4.69) is 11.8 Å². The molecule has 0 aliphatic heterocycles. The SMILES string of the molecule is C[C@@H](CC#CC1CC1)C(=O)O. The number of hydrogen-bond donors (Lipinski definition) is 1. The highest BCUT2D eigenvalue weighted by Crippen LogP contribution is 2.27. The quantitative estimate of drug-likeness (QED) is 0.609. The van der Waals surface area contributed by atoms with Gasteiger partial charge in [0.2, 0.25) is 0 Å². The molecule has 0 bridgehead atoms. The second-order valence-electron chi connectivity index (χ2n) is 3.04. The molecule has 1 atom stereocenters. The predicted molar refractivity (Wildman–Crippen MR) is 41.9 cm³/mol. The molecule has 11 heavy (non-hydrogen) atoms. The molecule has 2 nitrogen and oxygen atoms in total. The van der Waals surface area contributed by atoms with Crippen molar-refractivity contribution >= 4 is 5.97 Å². The lowest BCUT2D eigenvalue weighted by Crippen LogP contribution is -2.07.